The molecule has 6 nitrogen and oxygen atoms in total. The number of nitrogens with zero attached hydrogens (tertiary/aromatic N) is 1. The monoisotopic (exact) mass is 347 g/mol. The maximum atomic E-state index is 12.6. The van der Waals surface area contributed by atoms with Gasteiger partial charge in [0.2, 0.25) is 0 Å². The Bertz CT molecular complexity index is 666. The number of methoxy groups -OCH3 is 2. The molecule has 0 N–H and O–H groups in total. The van der Waals surface area contributed by atoms with Crippen LogP contribution in [0.1, 0.15) is 18.9 Å². The van der Waals surface area contributed by atoms with E-state index in [4.69, 9.17) is 25.9 Å². The van der Waals surface area contributed by atoms with Crippen molar-refractivity contribution in [2.45, 2.75) is 24.7 Å². The Balaban J connectivity index is 2.31. The van der Waals surface area contributed by atoms with Crippen LogP contribution in [0, 0.1) is 0 Å². The number of halogens is 1. The van der Waals surface area contributed by atoms with Gasteiger partial charge in [-0.1, -0.05) is 11.2 Å². The van der Waals surface area contributed by atoms with Crippen molar-refractivity contribution in [2.75, 3.05) is 20.1 Å². The first-order chi connectivity index (χ1) is 10.3. The Morgan fingerprint density at radius 1 is 1.32 bits per heavy atom. The average molecular weight is 348 g/mol. The number of alkyl halides is 1. The molecule has 22 heavy (non-hydrogen) atoms. The predicted molar refractivity (Wildman–Crippen MR) is 84.4 cm³/mol. The minimum Gasteiger partial charge on any atom is -0.496 e. The molecule has 0 fully saturated rings. The van der Waals surface area contributed by atoms with Gasteiger partial charge in [0.1, 0.15) is 11.5 Å². The number of benzene rings is 1. The Morgan fingerprint density at radius 3 is 2.36 bits per heavy atom. The molecule has 0 saturated heterocycles. The number of ether oxygens (including phenoxy) is 2. The van der Waals surface area contributed by atoms with Crippen molar-refractivity contribution < 1.29 is 22.7 Å². The normalized spacial score (nSPS) is 21.2. The van der Waals surface area contributed by atoms with Crippen LogP contribution in [0.2, 0.25) is 0 Å². The third kappa shape index (κ3) is 3.30. The molecule has 0 aliphatic carbocycles. The Morgan fingerprint density at radius 2 is 1.91 bits per heavy atom. The summed E-state index contributed by atoms with van der Waals surface area (Å²) in [4.78, 5) is 5.15. The summed E-state index contributed by atoms with van der Waals surface area (Å²) in [6.07, 6.45) is 0.149. The second-order valence-corrected chi connectivity index (χ2v) is 7.49. The van der Waals surface area contributed by atoms with Gasteiger partial charge in [-0.25, -0.2) is 8.42 Å². The number of rotatable bonds is 5. The first-order valence-electron chi connectivity index (χ1n) is 6.59. The quantitative estimate of drug-likeness (QED) is 0.764. The van der Waals surface area contributed by atoms with E-state index in [1.807, 2.05) is 0 Å². The average Bonchev–Trinajstić information content (AvgIpc) is 2.91. The van der Waals surface area contributed by atoms with E-state index in [-0.39, 0.29) is 23.1 Å². The number of hydrogen-bond acceptors (Lipinski definition) is 6. The molecule has 0 amide bonds. The number of oxime groups is 1. The molecule has 0 bridgehead atoms. The molecule has 1 aromatic carbocycles. The summed E-state index contributed by atoms with van der Waals surface area (Å²) in [5, 5.41) is 3.69. The van der Waals surface area contributed by atoms with Crippen molar-refractivity contribution in [3.8, 4) is 11.5 Å². The summed E-state index contributed by atoms with van der Waals surface area (Å²) in [6.45, 7) is 1.72. The first kappa shape index (κ1) is 16.9. The lowest BCUT2D eigenvalue weighted by Gasteiger charge is -2.17. The fraction of sp³-hybridized carbons (Fsp3) is 0.500. The molecule has 0 aromatic heterocycles. The minimum atomic E-state index is -3.65. The van der Waals surface area contributed by atoms with Crippen molar-refractivity contribution in [1.82, 2.24) is 0 Å². The molecule has 1 aliphatic rings. The SMILES string of the molecule is COc1cccc(OC)c1CS(=O)(=O)C1=NOC(C)(CCl)C1. The van der Waals surface area contributed by atoms with E-state index in [9.17, 15) is 8.42 Å². The topological polar surface area (TPSA) is 74.2 Å². The van der Waals surface area contributed by atoms with E-state index in [0.29, 0.717) is 17.1 Å². The smallest absolute Gasteiger partial charge is 0.199 e. The molecule has 0 radical (unpaired) electrons. The maximum absolute atomic E-state index is 12.6. The van der Waals surface area contributed by atoms with Gasteiger partial charge in [-0.2, -0.15) is 0 Å². The van der Waals surface area contributed by atoms with Gasteiger partial charge in [0.25, 0.3) is 0 Å². The second-order valence-electron chi connectivity index (χ2n) is 5.24. The van der Waals surface area contributed by atoms with Crippen LogP contribution in [0.25, 0.3) is 0 Å². The zero-order valence-electron chi connectivity index (χ0n) is 12.6. The van der Waals surface area contributed by atoms with Crippen LogP contribution >= 0.6 is 11.6 Å². The Labute approximate surface area is 134 Å². The molecular weight excluding hydrogens is 330 g/mol. The van der Waals surface area contributed by atoms with Crippen LogP contribution in [0.15, 0.2) is 23.4 Å². The van der Waals surface area contributed by atoms with Crippen molar-refractivity contribution in [1.29, 1.82) is 0 Å². The molecule has 1 aromatic rings. The lowest BCUT2D eigenvalue weighted by molar-refractivity contribution is 0.0152. The summed E-state index contributed by atoms with van der Waals surface area (Å²) in [7, 11) is -0.697. The Hall–Kier alpha value is -1.47. The number of sulfone groups is 1. The second kappa shape index (κ2) is 6.34. The molecular formula is C14H18ClNO5S. The minimum absolute atomic E-state index is 0.0105. The highest BCUT2D eigenvalue weighted by Crippen LogP contribution is 2.33. The zero-order chi connectivity index (χ0) is 16.4. The van der Waals surface area contributed by atoms with Gasteiger partial charge in [-0.3, -0.25) is 0 Å². The lowest BCUT2D eigenvalue weighted by atomic mass is 10.1. The molecule has 1 unspecified atom stereocenters. The van der Waals surface area contributed by atoms with Gasteiger partial charge in [0.15, 0.2) is 20.5 Å². The van der Waals surface area contributed by atoms with Gasteiger partial charge in [-0.15, -0.1) is 11.6 Å². The van der Waals surface area contributed by atoms with E-state index >= 15 is 0 Å². The van der Waals surface area contributed by atoms with Crippen LogP contribution in [0.4, 0.5) is 0 Å². The molecule has 1 aliphatic heterocycles. The molecule has 0 spiro atoms. The largest absolute Gasteiger partial charge is 0.496 e. The summed E-state index contributed by atoms with van der Waals surface area (Å²) in [5.41, 5.74) is -0.330. The zero-order valence-corrected chi connectivity index (χ0v) is 14.2. The Kier molecular flexibility index (Phi) is 4.87. The molecule has 2 rings (SSSR count). The van der Waals surface area contributed by atoms with Crippen molar-refractivity contribution >= 4 is 26.5 Å². The third-order valence-electron chi connectivity index (χ3n) is 3.40. The van der Waals surface area contributed by atoms with E-state index in [1.54, 1.807) is 25.1 Å². The summed E-state index contributed by atoms with van der Waals surface area (Å²) in [5.74, 6) is 0.777. The van der Waals surface area contributed by atoms with Gasteiger partial charge >= 0.3 is 0 Å². The van der Waals surface area contributed by atoms with Crippen molar-refractivity contribution in [2.24, 2.45) is 5.16 Å². The van der Waals surface area contributed by atoms with E-state index in [0.717, 1.165) is 0 Å². The van der Waals surface area contributed by atoms with Crippen LogP contribution < -0.4 is 9.47 Å². The third-order valence-corrected chi connectivity index (χ3v) is 5.57. The summed E-state index contributed by atoms with van der Waals surface area (Å²) < 4.78 is 35.6. The van der Waals surface area contributed by atoms with Crippen LogP contribution in [-0.2, 0) is 20.4 Å². The molecule has 1 atom stereocenters. The highest BCUT2D eigenvalue weighted by Gasteiger charge is 2.39. The van der Waals surface area contributed by atoms with Crippen LogP contribution in [-0.4, -0.2) is 39.2 Å². The van der Waals surface area contributed by atoms with Gasteiger partial charge in [-0.05, 0) is 19.1 Å². The van der Waals surface area contributed by atoms with Crippen LogP contribution in [0.5, 0.6) is 11.5 Å². The predicted octanol–water partition coefficient (Wildman–Crippen LogP) is 2.35. The van der Waals surface area contributed by atoms with Crippen molar-refractivity contribution in [3.63, 3.8) is 0 Å². The maximum Gasteiger partial charge on any atom is 0.199 e. The lowest BCUT2D eigenvalue weighted by Crippen LogP contribution is -2.28. The van der Waals surface area contributed by atoms with E-state index in [1.165, 1.54) is 14.2 Å². The fourth-order valence-corrected chi connectivity index (χ4v) is 3.78. The number of hydrogen-bond donors (Lipinski definition) is 0. The highest BCUT2D eigenvalue weighted by molar-refractivity contribution is 8.05. The molecule has 122 valence electrons. The fourth-order valence-electron chi connectivity index (χ4n) is 2.13. The standard InChI is InChI=1S/C14H18ClNO5S/c1-14(9-15)7-13(16-21-14)22(17,18)8-10-11(19-2)5-4-6-12(10)20-3/h4-6H,7-9H2,1-3H3. The van der Waals surface area contributed by atoms with Crippen molar-refractivity contribution in [3.05, 3.63) is 23.8 Å². The van der Waals surface area contributed by atoms with Gasteiger partial charge in [0.05, 0.1) is 31.4 Å². The van der Waals surface area contributed by atoms with Crippen LogP contribution in [0.3, 0.4) is 0 Å². The summed E-state index contributed by atoms with van der Waals surface area (Å²) >= 11 is 5.79. The van der Waals surface area contributed by atoms with E-state index < -0.39 is 15.4 Å². The highest BCUT2D eigenvalue weighted by atomic mass is 35.5. The molecule has 8 heteroatoms. The van der Waals surface area contributed by atoms with E-state index in [2.05, 4.69) is 5.16 Å². The molecule has 1 heterocycles. The van der Waals surface area contributed by atoms with Gasteiger partial charge in [0, 0.05) is 6.42 Å². The van der Waals surface area contributed by atoms with Gasteiger partial charge < -0.3 is 14.3 Å². The molecule has 0 saturated carbocycles. The first-order valence-corrected chi connectivity index (χ1v) is 8.77. The summed E-state index contributed by atoms with van der Waals surface area (Å²) in [6, 6.07) is 5.10.